The van der Waals surface area contributed by atoms with Crippen LogP contribution in [0.3, 0.4) is 0 Å². The maximum Gasteiger partial charge on any atom is 0.265 e. The van der Waals surface area contributed by atoms with E-state index in [2.05, 4.69) is 17.2 Å². The fraction of sp³-hybridized carbons (Fsp3) is 0.333. The highest BCUT2D eigenvalue weighted by Gasteiger charge is 2.41. The van der Waals surface area contributed by atoms with Crippen molar-refractivity contribution in [2.75, 3.05) is 13.2 Å². The number of carbonyl (C=O) groups is 2. The predicted octanol–water partition coefficient (Wildman–Crippen LogP) is 4.10. The van der Waals surface area contributed by atoms with Crippen LogP contribution in [0.2, 0.25) is 10.0 Å². The Kier molecular flexibility index (Phi) is 8.41. The molecule has 0 fully saturated rings. The van der Waals surface area contributed by atoms with Crippen LogP contribution in [0.5, 0.6) is 11.5 Å². The minimum absolute atomic E-state index is 0.0380. The Morgan fingerprint density at radius 3 is 2.76 bits per heavy atom. The van der Waals surface area contributed by atoms with Crippen LogP contribution in [0, 0.1) is 5.82 Å². The molecule has 1 aliphatic heterocycles. The minimum Gasteiger partial charge on any atom is -0.484 e. The van der Waals surface area contributed by atoms with Crippen molar-refractivity contribution in [3.05, 3.63) is 70.1 Å². The van der Waals surface area contributed by atoms with Crippen molar-refractivity contribution in [1.29, 1.82) is 0 Å². The van der Waals surface area contributed by atoms with E-state index < -0.39 is 29.3 Å². The number of fused-ring (bicyclic) bond motifs is 1. The molecule has 2 amide bonds. The second-order valence-corrected chi connectivity index (χ2v) is 8.74. The molecule has 0 saturated heterocycles. The van der Waals surface area contributed by atoms with E-state index in [1.165, 1.54) is 12.1 Å². The number of nitrogens with one attached hydrogen (secondary N) is 2. The third-order valence-electron chi connectivity index (χ3n) is 5.42. The number of amides is 2. The molecule has 2 unspecified atom stereocenters. The quantitative estimate of drug-likeness (QED) is 0.471. The second kappa shape index (κ2) is 11.1. The van der Waals surface area contributed by atoms with Gasteiger partial charge in [-0.15, -0.1) is 0 Å². The summed E-state index contributed by atoms with van der Waals surface area (Å²) in [5.74, 6) is -0.931. The van der Waals surface area contributed by atoms with Gasteiger partial charge in [-0.2, -0.15) is 0 Å². The number of hydrogen-bond donors (Lipinski definition) is 3. The van der Waals surface area contributed by atoms with Crippen LogP contribution in [-0.4, -0.2) is 36.2 Å². The molecule has 2 aromatic rings. The van der Waals surface area contributed by atoms with Crippen molar-refractivity contribution in [1.82, 2.24) is 10.6 Å². The smallest absolute Gasteiger partial charge is 0.265 e. The molecule has 0 aromatic heterocycles. The van der Waals surface area contributed by atoms with Crippen LogP contribution in [-0.2, 0) is 15.2 Å². The monoisotopic (exact) mass is 510 g/mol. The molecule has 0 aliphatic carbocycles. The maximum absolute atomic E-state index is 13.4. The molecule has 2 atom stereocenters. The Balaban J connectivity index is 1.45. The molecule has 7 nitrogen and oxygen atoms in total. The first-order valence-electron chi connectivity index (χ1n) is 10.6. The molecule has 1 aliphatic rings. The van der Waals surface area contributed by atoms with Crippen molar-refractivity contribution < 1.29 is 28.6 Å². The van der Waals surface area contributed by atoms with E-state index >= 15 is 0 Å². The first-order valence-corrected chi connectivity index (χ1v) is 11.4. The highest BCUT2D eigenvalue weighted by molar-refractivity contribution is 6.31. The number of benzene rings is 2. The van der Waals surface area contributed by atoms with Gasteiger partial charge < -0.3 is 25.2 Å². The summed E-state index contributed by atoms with van der Waals surface area (Å²) < 4.78 is 24.4. The number of ether oxygens (including phenoxy) is 2. The molecular formula is C24H25Cl2FN2O5. The van der Waals surface area contributed by atoms with Crippen LogP contribution in [0.15, 0.2) is 48.7 Å². The average Bonchev–Trinajstić information content (AvgIpc) is 2.80. The Labute approximate surface area is 206 Å². The standard InChI is InChI=1S/C24H25Cl2FN2O5/c1-3-24(32)12-21(34-20-7-4-15(25)10-17(20)24)23(31)29-14(2)8-9-28-22(30)13-33-16-5-6-18(26)19(27)11-16/h4-7,10-11,21,32H,2-3,8-9,12-13H2,1H3,(H,28,30)(H,29,31). The highest BCUT2D eigenvalue weighted by Crippen LogP contribution is 2.42. The summed E-state index contributed by atoms with van der Waals surface area (Å²) in [7, 11) is 0. The number of halogens is 3. The van der Waals surface area contributed by atoms with E-state index in [1.807, 2.05) is 6.92 Å². The summed E-state index contributed by atoms with van der Waals surface area (Å²) in [5, 5.41) is 16.8. The van der Waals surface area contributed by atoms with Gasteiger partial charge in [0.2, 0.25) is 0 Å². The largest absolute Gasteiger partial charge is 0.484 e. The summed E-state index contributed by atoms with van der Waals surface area (Å²) in [6.07, 6.45) is -0.206. The zero-order valence-corrected chi connectivity index (χ0v) is 20.0. The Bertz CT molecular complexity index is 1100. The lowest BCUT2D eigenvalue weighted by atomic mass is 9.83. The minimum atomic E-state index is -1.25. The Morgan fingerprint density at radius 1 is 1.29 bits per heavy atom. The van der Waals surface area contributed by atoms with E-state index in [0.29, 0.717) is 28.5 Å². The van der Waals surface area contributed by atoms with E-state index in [9.17, 15) is 19.1 Å². The van der Waals surface area contributed by atoms with Crippen molar-refractivity contribution in [2.24, 2.45) is 0 Å². The molecule has 1 heterocycles. The Morgan fingerprint density at radius 2 is 2.06 bits per heavy atom. The van der Waals surface area contributed by atoms with E-state index in [4.69, 9.17) is 32.7 Å². The molecule has 0 spiro atoms. The van der Waals surface area contributed by atoms with E-state index in [1.54, 1.807) is 18.2 Å². The SMILES string of the molecule is C=C(CCNC(=O)COc1ccc(Cl)c(F)c1)NC(=O)C1CC(O)(CC)c2cc(Cl)ccc2O1. The maximum atomic E-state index is 13.4. The predicted molar refractivity (Wildman–Crippen MR) is 126 cm³/mol. The summed E-state index contributed by atoms with van der Waals surface area (Å²) in [4.78, 5) is 24.6. The van der Waals surface area contributed by atoms with Crippen LogP contribution >= 0.6 is 23.2 Å². The van der Waals surface area contributed by atoms with Gasteiger partial charge >= 0.3 is 0 Å². The molecule has 182 valence electrons. The second-order valence-electron chi connectivity index (χ2n) is 7.89. The zero-order valence-electron chi connectivity index (χ0n) is 18.5. The van der Waals surface area contributed by atoms with Gasteiger partial charge in [-0.25, -0.2) is 4.39 Å². The molecule has 3 rings (SSSR count). The fourth-order valence-electron chi connectivity index (χ4n) is 3.50. The van der Waals surface area contributed by atoms with Crippen LogP contribution in [0.4, 0.5) is 4.39 Å². The lowest BCUT2D eigenvalue weighted by Gasteiger charge is -2.37. The van der Waals surface area contributed by atoms with Gasteiger partial charge in [-0.05, 0) is 36.8 Å². The summed E-state index contributed by atoms with van der Waals surface area (Å²) in [5.41, 5.74) is -0.323. The number of carbonyl (C=O) groups excluding carboxylic acids is 2. The summed E-state index contributed by atoms with van der Waals surface area (Å²) in [6, 6.07) is 8.78. The van der Waals surface area contributed by atoms with Crippen molar-refractivity contribution in [3.8, 4) is 11.5 Å². The normalized spacial score (nSPS) is 18.9. The lowest BCUT2D eigenvalue weighted by molar-refractivity contribution is -0.133. The third-order valence-corrected chi connectivity index (χ3v) is 5.96. The third kappa shape index (κ3) is 6.40. The van der Waals surface area contributed by atoms with E-state index in [-0.39, 0.29) is 36.8 Å². The van der Waals surface area contributed by atoms with Crippen LogP contribution in [0.1, 0.15) is 31.7 Å². The van der Waals surface area contributed by atoms with Crippen LogP contribution in [0.25, 0.3) is 0 Å². The zero-order chi connectivity index (χ0) is 24.9. The molecule has 0 bridgehead atoms. The first-order chi connectivity index (χ1) is 16.1. The van der Waals surface area contributed by atoms with Gasteiger partial charge in [0.05, 0.1) is 10.6 Å². The number of aliphatic hydroxyl groups is 1. The molecule has 0 saturated carbocycles. The average molecular weight is 511 g/mol. The van der Waals surface area contributed by atoms with Gasteiger partial charge in [0.15, 0.2) is 12.7 Å². The van der Waals surface area contributed by atoms with Crippen molar-refractivity contribution >= 4 is 35.0 Å². The molecular weight excluding hydrogens is 486 g/mol. The topological polar surface area (TPSA) is 96.9 Å². The van der Waals surface area contributed by atoms with Gasteiger partial charge in [-0.3, -0.25) is 9.59 Å². The number of rotatable bonds is 9. The van der Waals surface area contributed by atoms with E-state index in [0.717, 1.165) is 6.07 Å². The lowest BCUT2D eigenvalue weighted by Crippen LogP contribution is -2.46. The molecule has 0 radical (unpaired) electrons. The number of hydrogen-bond acceptors (Lipinski definition) is 5. The van der Waals surface area contributed by atoms with Gasteiger partial charge in [0.25, 0.3) is 11.8 Å². The molecule has 10 heteroatoms. The van der Waals surface area contributed by atoms with Crippen LogP contribution < -0.4 is 20.1 Å². The Hall–Kier alpha value is -2.81. The molecule has 2 aromatic carbocycles. The van der Waals surface area contributed by atoms with Gasteiger partial charge in [0.1, 0.15) is 17.3 Å². The first kappa shape index (κ1) is 25.8. The fourth-order valence-corrected chi connectivity index (χ4v) is 3.79. The highest BCUT2D eigenvalue weighted by atomic mass is 35.5. The molecule has 3 N–H and O–H groups in total. The van der Waals surface area contributed by atoms with Gasteiger partial charge in [0, 0.05) is 41.7 Å². The van der Waals surface area contributed by atoms with Crippen molar-refractivity contribution in [2.45, 2.75) is 37.9 Å². The molecule has 34 heavy (non-hydrogen) atoms. The van der Waals surface area contributed by atoms with Crippen molar-refractivity contribution in [3.63, 3.8) is 0 Å². The summed E-state index contributed by atoms with van der Waals surface area (Å²) >= 11 is 11.7. The van der Waals surface area contributed by atoms with Gasteiger partial charge in [-0.1, -0.05) is 36.7 Å². The summed E-state index contributed by atoms with van der Waals surface area (Å²) in [6.45, 7) is 5.51.